The number of unbranched alkanes of at least 4 members (excludes halogenated alkanes) is 2. The normalized spacial score (nSPS) is 11.3. The zero-order chi connectivity index (χ0) is 13.3. The van der Waals surface area contributed by atoms with Crippen LogP contribution in [0.4, 0.5) is 0 Å². The molecule has 0 aliphatic carbocycles. The van der Waals surface area contributed by atoms with Gasteiger partial charge in [0.15, 0.2) is 0 Å². The van der Waals surface area contributed by atoms with Gasteiger partial charge in [0.2, 0.25) is 0 Å². The fourth-order valence-corrected chi connectivity index (χ4v) is 1.59. The number of ether oxygens (including phenoxy) is 1. The van der Waals surface area contributed by atoms with E-state index in [1.807, 2.05) is 13.8 Å². The second kappa shape index (κ2) is 11.6. The number of hydrogen-bond acceptors (Lipinski definition) is 3. The Morgan fingerprint density at radius 2 is 1.44 bits per heavy atom. The summed E-state index contributed by atoms with van der Waals surface area (Å²) in [7, 11) is 1.29. The summed E-state index contributed by atoms with van der Waals surface area (Å²) in [4.78, 5) is 22.7. The van der Waals surface area contributed by atoms with Crippen molar-refractivity contribution in [2.45, 2.75) is 52.4 Å². The third kappa shape index (κ3) is 7.03. The SMILES string of the molecule is CCCC/C(C(=O)O)=C(\CCCC)C(=O)OC.[SnH2]. The summed E-state index contributed by atoms with van der Waals surface area (Å²) >= 11 is 0. The molecule has 0 spiro atoms. The number of aliphatic carboxylic acids is 1. The van der Waals surface area contributed by atoms with Crippen LogP contribution in [0.1, 0.15) is 52.4 Å². The Morgan fingerprint density at radius 3 is 1.78 bits per heavy atom. The van der Waals surface area contributed by atoms with Crippen molar-refractivity contribution in [1.29, 1.82) is 0 Å². The third-order valence-electron chi connectivity index (χ3n) is 2.61. The van der Waals surface area contributed by atoms with Gasteiger partial charge in [-0.25, -0.2) is 9.59 Å². The van der Waals surface area contributed by atoms with Gasteiger partial charge in [-0.2, -0.15) is 0 Å². The third-order valence-corrected chi connectivity index (χ3v) is 2.61. The van der Waals surface area contributed by atoms with Crippen LogP contribution in [-0.2, 0) is 14.3 Å². The van der Waals surface area contributed by atoms with Crippen molar-refractivity contribution < 1.29 is 19.4 Å². The number of rotatable bonds is 8. The summed E-state index contributed by atoms with van der Waals surface area (Å²) < 4.78 is 4.66. The summed E-state index contributed by atoms with van der Waals surface area (Å²) in [6.07, 6.45) is 4.30. The molecule has 0 aromatic carbocycles. The van der Waals surface area contributed by atoms with Crippen LogP contribution in [0, 0.1) is 0 Å². The molecule has 5 heteroatoms. The maximum atomic E-state index is 11.6. The van der Waals surface area contributed by atoms with Crippen molar-refractivity contribution in [1.82, 2.24) is 0 Å². The summed E-state index contributed by atoms with van der Waals surface area (Å²) in [5.74, 6) is -1.51. The van der Waals surface area contributed by atoms with E-state index < -0.39 is 11.9 Å². The first-order chi connectivity index (χ1) is 8.08. The molecule has 0 aliphatic heterocycles. The summed E-state index contributed by atoms with van der Waals surface area (Å²) in [6.45, 7) is 3.99. The molecule has 0 rings (SSSR count). The minimum absolute atomic E-state index is 0. The second-order valence-electron chi connectivity index (χ2n) is 3.96. The van der Waals surface area contributed by atoms with Crippen LogP contribution in [0.3, 0.4) is 0 Å². The molecule has 0 unspecified atom stereocenters. The van der Waals surface area contributed by atoms with E-state index in [4.69, 9.17) is 5.11 Å². The first-order valence-electron chi connectivity index (χ1n) is 6.12. The molecule has 104 valence electrons. The van der Waals surface area contributed by atoms with Crippen LogP contribution in [0.5, 0.6) is 0 Å². The number of carboxylic acid groups (broad SMARTS) is 1. The van der Waals surface area contributed by atoms with Gasteiger partial charge in [-0.05, 0) is 25.7 Å². The van der Waals surface area contributed by atoms with Crippen LogP contribution >= 0.6 is 0 Å². The van der Waals surface area contributed by atoms with E-state index in [2.05, 4.69) is 4.74 Å². The minimum atomic E-state index is -1.00. The van der Waals surface area contributed by atoms with E-state index in [1.165, 1.54) is 7.11 Å². The van der Waals surface area contributed by atoms with E-state index in [9.17, 15) is 9.59 Å². The molecule has 0 fully saturated rings. The molecule has 0 aliphatic rings. The van der Waals surface area contributed by atoms with Crippen molar-refractivity contribution >= 4 is 35.8 Å². The first kappa shape index (κ1) is 19.8. The van der Waals surface area contributed by atoms with Crippen molar-refractivity contribution in [3.8, 4) is 0 Å². The van der Waals surface area contributed by atoms with E-state index >= 15 is 0 Å². The number of esters is 1. The molecule has 0 aromatic heterocycles. The van der Waals surface area contributed by atoms with E-state index in [-0.39, 0.29) is 29.5 Å². The Bertz CT molecular complexity index is 297. The molecule has 18 heavy (non-hydrogen) atoms. The summed E-state index contributed by atoms with van der Waals surface area (Å²) in [5.41, 5.74) is 0.544. The molecular weight excluding hydrogens is 339 g/mol. The molecule has 0 heterocycles. The fourth-order valence-electron chi connectivity index (χ4n) is 1.59. The van der Waals surface area contributed by atoms with Gasteiger partial charge >= 0.3 is 35.8 Å². The number of carbonyl (C=O) groups excluding carboxylic acids is 1. The van der Waals surface area contributed by atoms with Crippen LogP contribution in [0.15, 0.2) is 11.1 Å². The van der Waals surface area contributed by atoms with Crippen molar-refractivity contribution in [2.24, 2.45) is 0 Å². The summed E-state index contributed by atoms with van der Waals surface area (Å²) in [5, 5.41) is 9.15. The van der Waals surface area contributed by atoms with Gasteiger partial charge in [0.1, 0.15) is 0 Å². The molecule has 0 atom stereocenters. The van der Waals surface area contributed by atoms with Crippen LogP contribution in [0.25, 0.3) is 0 Å². The maximum absolute atomic E-state index is 11.6. The van der Waals surface area contributed by atoms with E-state index in [0.717, 1.165) is 25.7 Å². The predicted molar refractivity (Wildman–Crippen MR) is 74.3 cm³/mol. The van der Waals surface area contributed by atoms with Crippen molar-refractivity contribution in [3.63, 3.8) is 0 Å². The quantitative estimate of drug-likeness (QED) is 0.407. The van der Waals surface area contributed by atoms with Gasteiger partial charge in [-0.3, -0.25) is 0 Å². The standard InChI is InChI=1S/C13H22O4.Sn.2H/c1-4-6-8-10(12(14)15)11(9-7-5-2)13(16)17-3;;;/h4-9H2,1-3H3,(H,14,15);;;/b11-10-;;;. The molecular formula is C13H24O4Sn. The van der Waals surface area contributed by atoms with Gasteiger partial charge in [0.05, 0.1) is 7.11 Å². The number of carboxylic acids is 1. The topological polar surface area (TPSA) is 63.6 Å². The van der Waals surface area contributed by atoms with E-state index in [1.54, 1.807) is 0 Å². The van der Waals surface area contributed by atoms with Crippen LogP contribution in [-0.4, -0.2) is 48.1 Å². The average molecular weight is 363 g/mol. The van der Waals surface area contributed by atoms with E-state index in [0.29, 0.717) is 18.4 Å². The van der Waals surface area contributed by atoms with Gasteiger partial charge in [-0.1, -0.05) is 26.7 Å². The number of carbonyl (C=O) groups is 2. The predicted octanol–water partition coefficient (Wildman–Crippen LogP) is 2.00. The van der Waals surface area contributed by atoms with Crippen LogP contribution < -0.4 is 0 Å². The fraction of sp³-hybridized carbons (Fsp3) is 0.692. The molecule has 0 saturated carbocycles. The van der Waals surface area contributed by atoms with Gasteiger partial charge in [0, 0.05) is 11.1 Å². The Labute approximate surface area is 126 Å². The van der Waals surface area contributed by atoms with Gasteiger partial charge in [-0.15, -0.1) is 0 Å². The van der Waals surface area contributed by atoms with Gasteiger partial charge in [0.25, 0.3) is 0 Å². The zero-order valence-corrected chi connectivity index (χ0v) is 15.7. The van der Waals surface area contributed by atoms with Crippen LogP contribution in [0.2, 0.25) is 0 Å². The molecule has 4 nitrogen and oxygen atoms in total. The monoisotopic (exact) mass is 364 g/mol. The molecule has 0 aromatic rings. The Morgan fingerprint density at radius 1 is 1.00 bits per heavy atom. The Kier molecular flexibility index (Phi) is 12.7. The molecule has 0 amide bonds. The summed E-state index contributed by atoms with van der Waals surface area (Å²) in [6, 6.07) is 0. The molecule has 0 bridgehead atoms. The van der Waals surface area contributed by atoms with Crippen molar-refractivity contribution in [2.75, 3.05) is 7.11 Å². The average Bonchev–Trinajstić information content (AvgIpc) is 2.32. The Balaban J connectivity index is 0. The Hall–Kier alpha value is -0.521. The molecule has 1 N–H and O–H groups in total. The number of methoxy groups -OCH3 is 1. The zero-order valence-electron chi connectivity index (χ0n) is 11.6. The van der Waals surface area contributed by atoms with Crippen molar-refractivity contribution in [3.05, 3.63) is 11.1 Å². The number of hydrogen-bond donors (Lipinski definition) is 1. The second-order valence-corrected chi connectivity index (χ2v) is 3.96. The molecule has 2 radical (unpaired) electrons. The molecule has 0 saturated heterocycles. The van der Waals surface area contributed by atoms with Gasteiger partial charge < -0.3 is 9.84 Å². The first-order valence-corrected chi connectivity index (χ1v) is 6.12.